The van der Waals surface area contributed by atoms with Gasteiger partial charge in [0.15, 0.2) is 0 Å². The molecule has 2 rings (SSSR count). The number of primary amides is 1. The summed E-state index contributed by atoms with van der Waals surface area (Å²) in [6.45, 7) is 0.330. The summed E-state index contributed by atoms with van der Waals surface area (Å²) in [4.78, 5) is 13.1. The molecule has 0 spiro atoms. The zero-order chi connectivity index (χ0) is 13.1. The maximum atomic E-state index is 14.0. The molecule has 5 heteroatoms. The SMILES string of the molecule is NC(=O)C1CCCCN1c1c(F)cccc1CO. The Morgan fingerprint density at radius 3 is 2.94 bits per heavy atom. The van der Waals surface area contributed by atoms with Gasteiger partial charge in [0, 0.05) is 12.1 Å². The lowest BCUT2D eigenvalue weighted by Gasteiger charge is -2.36. The van der Waals surface area contributed by atoms with Crippen molar-refractivity contribution in [3.05, 3.63) is 29.6 Å². The van der Waals surface area contributed by atoms with E-state index in [9.17, 15) is 14.3 Å². The quantitative estimate of drug-likeness (QED) is 0.848. The summed E-state index contributed by atoms with van der Waals surface area (Å²) in [5.74, 6) is -0.864. The van der Waals surface area contributed by atoms with Crippen molar-refractivity contribution in [1.29, 1.82) is 0 Å². The molecule has 1 amide bonds. The van der Waals surface area contributed by atoms with Gasteiger partial charge in [-0.25, -0.2) is 4.39 Å². The molecule has 1 aliphatic heterocycles. The van der Waals surface area contributed by atoms with Crippen molar-refractivity contribution in [3.8, 4) is 0 Å². The summed E-state index contributed by atoms with van der Waals surface area (Å²) >= 11 is 0. The van der Waals surface area contributed by atoms with Crippen molar-refractivity contribution < 1.29 is 14.3 Å². The number of nitrogens with zero attached hydrogens (tertiary/aromatic N) is 1. The molecule has 0 aromatic heterocycles. The van der Waals surface area contributed by atoms with Crippen LogP contribution in [0.5, 0.6) is 0 Å². The number of halogens is 1. The molecule has 0 bridgehead atoms. The summed E-state index contributed by atoms with van der Waals surface area (Å²) in [7, 11) is 0. The Bertz CT molecular complexity index is 451. The van der Waals surface area contributed by atoms with Crippen molar-refractivity contribution >= 4 is 11.6 Å². The van der Waals surface area contributed by atoms with E-state index in [1.165, 1.54) is 6.07 Å². The topological polar surface area (TPSA) is 66.6 Å². The van der Waals surface area contributed by atoms with Gasteiger partial charge in [0.05, 0.1) is 12.3 Å². The van der Waals surface area contributed by atoms with Crippen LogP contribution in [0, 0.1) is 5.82 Å². The Balaban J connectivity index is 2.42. The molecule has 98 valence electrons. The standard InChI is InChI=1S/C13H17FN2O2/c14-10-5-3-4-9(8-17)12(10)16-7-2-1-6-11(16)13(15)18/h3-5,11,17H,1-2,6-8H2,(H2,15,18). The van der Waals surface area contributed by atoms with Crippen LogP contribution in [0.15, 0.2) is 18.2 Å². The number of carbonyl (C=O) groups excluding carboxylic acids is 1. The second kappa shape index (κ2) is 5.35. The Labute approximate surface area is 105 Å². The number of rotatable bonds is 3. The van der Waals surface area contributed by atoms with E-state index in [1.807, 2.05) is 0 Å². The smallest absolute Gasteiger partial charge is 0.240 e. The van der Waals surface area contributed by atoms with Crippen LogP contribution in [0.2, 0.25) is 0 Å². The molecular weight excluding hydrogens is 235 g/mol. The number of aliphatic hydroxyl groups excluding tert-OH is 1. The summed E-state index contributed by atoms with van der Waals surface area (Å²) in [5.41, 5.74) is 6.17. The molecule has 4 nitrogen and oxygen atoms in total. The lowest BCUT2D eigenvalue weighted by Crippen LogP contribution is -2.48. The van der Waals surface area contributed by atoms with E-state index in [2.05, 4.69) is 0 Å². The van der Waals surface area contributed by atoms with E-state index >= 15 is 0 Å². The van der Waals surface area contributed by atoms with Crippen molar-refractivity contribution in [3.63, 3.8) is 0 Å². The fourth-order valence-electron chi connectivity index (χ4n) is 2.50. The molecule has 1 unspecified atom stereocenters. The Hall–Kier alpha value is -1.62. The fraction of sp³-hybridized carbons (Fsp3) is 0.462. The zero-order valence-corrected chi connectivity index (χ0v) is 10.1. The van der Waals surface area contributed by atoms with Crippen molar-refractivity contribution in [1.82, 2.24) is 0 Å². The highest BCUT2D eigenvalue weighted by molar-refractivity contribution is 5.84. The van der Waals surface area contributed by atoms with E-state index in [4.69, 9.17) is 5.73 Å². The largest absolute Gasteiger partial charge is 0.392 e. The van der Waals surface area contributed by atoms with Crippen LogP contribution < -0.4 is 10.6 Å². The molecule has 0 aliphatic carbocycles. The third-order valence-corrected chi connectivity index (χ3v) is 3.36. The van der Waals surface area contributed by atoms with Gasteiger partial charge in [-0.3, -0.25) is 4.79 Å². The lowest BCUT2D eigenvalue weighted by atomic mass is 9.99. The van der Waals surface area contributed by atoms with Crippen molar-refractivity contribution in [2.75, 3.05) is 11.4 Å². The summed E-state index contributed by atoms with van der Waals surface area (Å²) in [5, 5.41) is 9.29. The summed E-state index contributed by atoms with van der Waals surface area (Å²) < 4.78 is 14.0. The van der Waals surface area contributed by atoms with Crippen LogP contribution in [-0.4, -0.2) is 23.6 Å². The molecule has 3 N–H and O–H groups in total. The molecule has 0 radical (unpaired) electrons. The Morgan fingerprint density at radius 2 is 2.28 bits per heavy atom. The van der Waals surface area contributed by atoms with Crippen molar-refractivity contribution in [2.45, 2.75) is 31.9 Å². The van der Waals surface area contributed by atoms with Crippen LogP contribution in [0.1, 0.15) is 24.8 Å². The monoisotopic (exact) mass is 252 g/mol. The third kappa shape index (κ3) is 2.31. The molecule has 1 saturated heterocycles. The molecule has 1 heterocycles. The predicted octanol–water partition coefficient (Wildman–Crippen LogP) is 1.16. The van der Waals surface area contributed by atoms with Crippen LogP contribution in [0.3, 0.4) is 0 Å². The molecule has 0 saturated carbocycles. The third-order valence-electron chi connectivity index (χ3n) is 3.36. The first kappa shape index (κ1) is 12.8. The maximum Gasteiger partial charge on any atom is 0.240 e. The minimum Gasteiger partial charge on any atom is -0.392 e. The minimum absolute atomic E-state index is 0.255. The first-order chi connectivity index (χ1) is 8.65. The number of hydrogen-bond acceptors (Lipinski definition) is 3. The van der Waals surface area contributed by atoms with Gasteiger partial charge in [-0.15, -0.1) is 0 Å². The number of nitrogens with two attached hydrogens (primary N) is 1. The average molecular weight is 252 g/mol. The molecule has 1 aromatic carbocycles. The summed E-state index contributed by atoms with van der Waals surface area (Å²) in [6.07, 6.45) is 2.44. The van der Waals surface area contributed by atoms with Gasteiger partial charge in [-0.1, -0.05) is 12.1 Å². The molecule has 1 fully saturated rings. The van der Waals surface area contributed by atoms with E-state index in [0.717, 1.165) is 12.8 Å². The second-order valence-electron chi connectivity index (χ2n) is 4.51. The average Bonchev–Trinajstić information content (AvgIpc) is 2.38. The summed E-state index contributed by atoms with van der Waals surface area (Å²) in [6, 6.07) is 4.06. The highest BCUT2D eigenvalue weighted by Gasteiger charge is 2.30. The number of benzene rings is 1. The van der Waals surface area contributed by atoms with Crippen LogP contribution in [-0.2, 0) is 11.4 Å². The molecule has 1 aliphatic rings. The first-order valence-corrected chi connectivity index (χ1v) is 6.09. The fourth-order valence-corrected chi connectivity index (χ4v) is 2.50. The number of para-hydroxylation sites is 1. The van der Waals surface area contributed by atoms with Gasteiger partial charge in [-0.2, -0.15) is 0 Å². The lowest BCUT2D eigenvalue weighted by molar-refractivity contribution is -0.119. The molecule has 1 aromatic rings. The molecule has 1 atom stereocenters. The van der Waals surface area contributed by atoms with E-state index < -0.39 is 17.8 Å². The predicted molar refractivity (Wildman–Crippen MR) is 66.5 cm³/mol. The highest BCUT2D eigenvalue weighted by atomic mass is 19.1. The van der Waals surface area contributed by atoms with Gasteiger partial charge in [0.25, 0.3) is 0 Å². The Morgan fingerprint density at radius 1 is 1.50 bits per heavy atom. The molecular formula is C13H17FN2O2. The number of hydrogen-bond donors (Lipinski definition) is 2. The Kier molecular flexibility index (Phi) is 3.81. The van der Waals surface area contributed by atoms with Gasteiger partial charge in [0.2, 0.25) is 5.91 Å². The van der Waals surface area contributed by atoms with Crippen LogP contribution in [0.4, 0.5) is 10.1 Å². The normalized spacial score (nSPS) is 19.9. The first-order valence-electron chi connectivity index (χ1n) is 6.09. The van der Waals surface area contributed by atoms with Crippen LogP contribution >= 0.6 is 0 Å². The number of anilines is 1. The number of amides is 1. The van der Waals surface area contributed by atoms with Gasteiger partial charge in [0.1, 0.15) is 11.9 Å². The van der Waals surface area contributed by atoms with Crippen molar-refractivity contribution in [2.24, 2.45) is 5.73 Å². The zero-order valence-electron chi connectivity index (χ0n) is 10.1. The highest BCUT2D eigenvalue weighted by Crippen LogP contribution is 2.30. The second-order valence-corrected chi connectivity index (χ2v) is 4.51. The number of piperidine rings is 1. The molecule has 18 heavy (non-hydrogen) atoms. The number of aliphatic hydroxyl groups is 1. The number of carbonyl (C=O) groups is 1. The van der Waals surface area contributed by atoms with Gasteiger partial charge in [-0.05, 0) is 25.3 Å². The van der Waals surface area contributed by atoms with Gasteiger partial charge < -0.3 is 15.7 Å². The van der Waals surface area contributed by atoms with E-state index in [-0.39, 0.29) is 6.61 Å². The van der Waals surface area contributed by atoms with Gasteiger partial charge >= 0.3 is 0 Å². The maximum absolute atomic E-state index is 14.0. The van der Waals surface area contributed by atoms with E-state index in [1.54, 1.807) is 17.0 Å². The van der Waals surface area contributed by atoms with E-state index in [0.29, 0.717) is 24.2 Å². The minimum atomic E-state index is -0.485. The van der Waals surface area contributed by atoms with Crippen LogP contribution in [0.25, 0.3) is 0 Å².